The predicted molar refractivity (Wildman–Crippen MR) is 54.1 cm³/mol. The summed E-state index contributed by atoms with van der Waals surface area (Å²) in [6.07, 6.45) is 3.46. The van der Waals surface area contributed by atoms with Gasteiger partial charge in [0.2, 0.25) is 0 Å². The third-order valence-corrected chi connectivity index (χ3v) is 2.21. The molecule has 0 aliphatic carbocycles. The summed E-state index contributed by atoms with van der Waals surface area (Å²) in [5.74, 6) is -1.21. The van der Waals surface area contributed by atoms with E-state index in [2.05, 4.69) is 10.3 Å². The normalized spacial score (nSPS) is 12.7. The highest BCUT2D eigenvalue weighted by atomic mass is 16.4. The van der Waals surface area contributed by atoms with E-state index in [0.717, 1.165) is 6.42 Å². The van der Waals surface area contributed by atoms with Crippen molar-refractivity contribution in [1.29, 1.82) is 0 Å². The van der Waals surface area contributed by atoms with E-state index in [-0.39, 0.29) is 0 Å². The molecule has 0 aliphatic heterocycles. The van der Waals surface area contributed by atoms with Crippen LogP contribution >= 0.6 is 0 Å². The molecule has 0 amide bonds. The molecule has 1 aromatic heterocycles. The molecule has 1 heterocycles. The van der Waals surface area contributed by atoms with Gasteiger partial charge in [-0.3, -0.25) is 9.48 Å². The molecule has 0 aromatic carbocycles. The summed E-state index contributed by atoms with van der Waals surface area (Å²) in [6.45, 7) is 0.518. The van der Waals surface area contributed by atoms with Gasteiger partial charge in [-0.25, -0.2) is 0 Å². The lowest BCUT2D eigenvalue weighted by Gasteiger charge is -2.08. The lowest BCUT2D eigenvalue weighted by molar-refractivity contribution is -0.142. The first kappa shape index (κ1) is 11.6. The Balaban J connectivity index is 2.54. The van der Waals surface area contributed by atoms with Crippen molar-refractivity contribution >= 4 is 5.97 Å². The first-order valence-electron chi connectivity index (χ1n) is 4.91. The molecule has 6 nitrogen and oxygen atoms in total. The molecule has 0 fully saturated rings. The second kappa shape index (κ2) is 5.45. The first-order valence-corrected chi connectivity index (χ1v) is 4.91. The van der Waals surface area contributed by atoms with Gasteiger partial charge in [-0.15, -0.1) is 5.10 Å². The summed E-state index contributed by atoms with van der Waals surface area (Å²) in [4.78, 5) is 10.9. The van der Waals surface area contributed by atoms with Crippen LogP contribution in [-0.2, 0) is 18.3 Å². The average molecular weight is 212 g/mol. The Labute approximate surface area is 88.1 Å². The summed E-state index contributed by atoms with van der Waals surface area (Å²) in [6, 6.07) is 0. The molecule has 0 aliphatic rings. The number of hydrogen-bond donors (Lipinski definition) is 2. The van der Waals surface area contributed by atoms with E-state index in [1.54, 1.807) is 17.9 Å². The monoisotopic (exact) mass is 212 g/mol. The second-order valence-corrected chi connectivity index (χ2v) is 3.55. The van der Waals surface area contributed by atoms with Gasteiger partial charge in [0.15, 0.2) is 0 Å². The number of rotatable bonds is 6. The Morgan fingerprint density at radius 3 is 2.93 bits per heavy atom. The van der Waals surface area contributed by atoms with E-state index >= 15 is 0 Å². The molecular formula is C9H16N4O2. The van der Waals surface area contributed by atoms with Gasteiger partial charge in [0.05, 0.1) is 11.6 Å². The minimum Gasteiger partial charge on any atom is -0.481 e. The van der Waals surface area contributed by atoms with Crippen LogP contribution in [0.25, 0.3) is 0 Å². The van der Waals surface area contributed by atoms with Crippen LogP contribution in [0, 0.1) is 5.92 Å². The van der Waals surface area contributed by atoms with Crippen molar-refractivity contribution in [3.05, 3.63) is 11.9 Å². The van der Waals surface area contributed by atoms with Crippen LogP contribution in [-0.4, -0.2) is 32.6 Å². The lowest BCUT2D eigenvalue weighted by Crippen LogP contribution is -2.18. The number of carboxylic acids is 1. The molecule has 15 heavy (non-hydrogen) atoms. The van der Waals surface area contributed by atoms with E-state index in [4.69, 9.17) is 10.8 Å². The van der Waals surface area contributed by atoms with E-state index in [9.17, 15) is 4.79 Å². The number of nitrogens with two attached hydrogens (primary N) is 1. The van der Waals surface area contributed by atoms with Crippen LogP contribution in [0.3, 0.4) is 0 Å². The third-order valence-electron chi connectivity index (χ3n) is 2.21. The molecule has 3 N–H and O–H groups in total. The van der Waals surface area contributed by atoms with Gasteiger partial charge in [-0.2, -0.15) is 0 Å². The fraction of sp³-hybridized carbons (Fsp3) is 0.667. The molecule has 1 rings (SSSR count). The number of aryl methyl sites for hydroxylation is 1. The highest BCUT2D eigenvalue weighted by Crippen LogP contribution is 2.12. The molecule has 0 radical (unpaired) electrons. The molecule has 0 spiro atoms. The molecular weight excluding hydrogens is 196 g/mol. The van der Waals surface area contributed by atoms with Crippen molar-refractivity contribution in [2.45, 2.75) is 19.3 Å². The molecule has 1 unspecified atom stereocenters. The maximum atomic E-state index is 10.9. The number of nitrogens with zero attached hydrogens (tertiary/aromatic N) is 3. The van der Waals surface area contributed by atoms with Crippen molar-refractivity contribution in [2.24, 2.45) is 18.7 Å². The third kappa shape index (κ3) is 3.67. The topological polar surface area (TPSA) is 94.0 Å². The van der Waals surface area contributed by atoms with Crippen LogP contribution in [0.5, 0.6) is 0 Å². The van der Waals surface area contributed by atoms with Gasteiger partial charge >= 0.3 is 5.97 Å². The molecule has 0 saturated carbocycles. The van der Waals surface area contributed by atoms with Crippen molar-refractivity contribution in [3.63, 3.8) is 0 Å². The van der Waals surface area contributed by atoms with Gasteiger partial charge in [-0.1, -0.05) is 5.21 Å². The van der Waals surface area contributed by atoms with Crippen molar-refractivity contribution in [2.75, 3.05) is 6.54 Å². The van der Waals surface area contributed by atoms with E-state index in [1.165, 1.54) is 0 Å². The Kier molecular flexibility index (Phi) is 4.23. The van der Waals surface area contributed by atoms with Crippen LogP contribution in [0.2, 0.25) is 0 Å². The van der Waals surface area contributed by atoms with Gasteiger partial charge in [0.1, 0.15) is 0 Å². The average Bonchev–Trinajstić information content (AvgIpc) is 2.58. The van der Waals surface area contributed by atoms with Crippen LogP contribution < -0.4 is 5.73 Å². The number of aliphatic carboxylic acids is 1. The van der Waals surface area contributed by atoms with Crippen LogP contribution in [0.4, 0.5) is 0 Å². The Morgan fingerprint density at radius 1 is 1.73 bits per heavy atom. The summed E-state index contributed by atoms with van der Waals surface area (Å²) in [5.41, 5.74) is 6.06. The minimum atomic E-state index is -0.797. The van der Waals surface area contributed by atoms with Gasteiger partial charge < -0.3 is 10.8 Å². The van der Waals surface area contributed by atoms with Crippen LogP contribution in [0.15, 0.2) is 6.20 Å². The summed E-state index contributed by atoms with van der Waals surface area (Å²) in [5, 5.41) is 16.6. The van der Waals surface area contributed by atoms with E-state index in [0.29, 0.717) is 25.1 Å². The summed E-state index contributed by atoms with van der Waals surface area (Å²) in [7, 11) is 1.76. The number of aromatic nitrogens is 3. The molecule has 6 heteroatoms. The van der Waals surface area contributed by atoms with E-state index in [1.807, 2.05) is 0 Å². The molecule has 0 saturated heterocycles. The molecule has 84 valence electrons. The molecule has 1 aromatic rings. The largest absolute Gasteiger partial charge is 0.481 e. The zero-order chi connectivity index (χ0) is 11.3. The van der Waals surface area contributed by atoms with Gasteiger partial charge in [0, 0.05) is 19.7 Å². The van der Waals surface area contributed by atoms with Crippen molar-refractivity contribution < 1.29 is 9.90 Å². The maximum Gasteiger partial charge on any atom is 0.306 e. The molecule has 0 bridgehead atoms. The zero-order valence-corrected chi connectivity index (χ0v) is 8.76. The first-order chi connectivity index (χ1) is 7.13. The SMILES string of the molecule is Cn1cc(CC(CCCN)C(=O)O)nn1. The standard InChI is InChI=1S/C9H16N4O2/c1-13-6-8(11-12-13)5-7(9(14)15)3-2-4-10/h6-7H,2-5,10H2,1H3,(H,14,15). The Bertz CT molecular complexity index is 324. The fourth-order valence-corrected chi connectivity index (χ4v) is 1.42. The molecule has 1 atom stereocenters. The Morgan fingerprint density at radius 2 is 2.47 bits per heavy atom. The van der Waals surface area contributed by atoms with Gasteiger partial charge in [-0.05, 0) is 19.4 Å². The maximum absolute atomic E-state index is 10.9. The van der Waals surface area contributed by atoms with Crippen molar-refractivity contribution in [1.82, 2.24) is 15.0 Å². The van der Waals surface area contributed by atoms with Crippen LogP contribution in [0.1, 0.15) is 18.5 Å². The smallest absolute Gasteiger partial charge is 0.306 e. The highest BCUT2D eigenvalue weighted by Gasteiger charge is 2.18. The quantitative estimate of drug-likeness (QED) is 0.681. The lowest BCUT2D eigenvalue weighted by atomic mass is 9.98. The summed E-state index contributed by atoms with van der Waals surface area (Å²) >= 11 is 0. The number of carboxylic acid groups (broad SMARTS) is 1. The zero-order valence-electron chi connectivity index (χ0n) is 8.76. The number of carbonyl (C=O) groups is 1. The number of hydrogen-bond acceptors (Lipinski definition) is 4. The Hall–Kier alpha value is -1.43. The summed E-state index contributed by atoms with van der Waals surface area (Å²) < 4.78 is 1.57. The predicted octanol–water partition coefficient (Wildman–Crippen LogP) is -0.203. The minimum absolute atomic E-state index is 0.412. The van der Waals surface area contributed by atoms with Crippen molar-refractivity contribution in [3.8, 4) is 0 Å². The fourth-order valence-electron chi connectivity index (χ4n) is 1.42. The highest BCUT2D eigenvalue weighted by molar-refractivity contribution is 5.70. The second-order valence-electron chi connectivity index (χ2n) is 3.55. The van der Waals surface area contributed by atoms with Gasteiger partial charge in [0.25, 0.3) is 0 Å². The van der Waals surface area contributed by atoms with E-state index < -0.39 is 11.9 Å².